The number of unbranched alkanes of at least 4 members (excludes halogenated alkanes) is 2. The second-order valence-corrected chi connectivity index (χ2v) is 10.8. The summed E-state index contributed by atoms with van der Waals surface area (Å²) in [7, 11) is -3.52. The maximum Gasteiger partial charge on any atom is 0.262 e. The van der Waals surface area contributed by atoms with Crippen molar-refractivity contribution in [3.63, 3.8) is 0 Å². The van der Waals surface area contributed by atoms with Crippen LogP contribution in [0.15, 0.2) is 63.4 Å². The number of para-hydroxylation sites is 1. The molecule has 2 N–H and O–H groups in total. The number of sulfone groups is 1. The summed E-state index contributed by atoms with van der Waals surface area (Å²) < 4.78 is 39.6. The van der Waals surface area contributed by atoms with Gasteiger partial charge in [-0.25, -0.2) is 17.8 Å². The van der Waals surface area contributed by atoms with Gasteiger partial charge in [0.25, 0.3) is 5.56 Å². The number of fused-ring (bicyclic) bond motifs is 1. The third-order valence-corrected chi connectivity index (χ3v) is 7.97. The first-order valence-corrected chi connectivity index (χ1v) is 13.3. The van der Waals surface area contributed by atoms with Crippen molar-refractivity contribution >= 4 is 38.4 Å². The Morgan fingerprint density at radius 3 is 2.48 bits per heavy atom. The van der Waals surface area contributed by atoms with Crippen LogP contribution in [0.1, 0.15) is 32.1 Å². The molecule has 1 heterocycles. The monoisotopic (exact) mass is 491 g/mol. The molecule has 0 fully saturated rings. The van der Waals surface area contributed by atoms with E-state index in [4.69, 9.17) is 5.73 Å². The van der Waals surface area contributed by atoms with Crippen molar-refractivity contribution in [1.29, 1.82) is 0 Å². The number of carbonyl (C=O) groups excluding carboxylic acids is 1. The van der Waals surface area contributed by atoms with E-state index in [-0.39, 0.29) is 22.1 Å². The number of nitrogens with two attached hydrogens (primary N) is 1. The van der Waals surface area contributed by atoms with Crippen molar-refractivity contribution in [2.24, 2.45) is 5.73 Å². The van der Waals surface area contributed by atoms with Crippen LogP contribution in [0.3, 0.4) is 0 Å². The van der Waals surface area contributed by atoms with E-state index in [0.717, 1.165) is 18.6 Å². The second kappa shape index (κ2) is 11.4. The highest BCUT2D eigenvalue weighted by molar-refractivity contribution is 7.99. The average Bonchev–Trinajstić information content (AvgIpc) is 2.78. The number of carbonyl (C=O) groups is 1. The number of benzene rings is 2. The number of halogens is 1. The predicted molar refractivity (Wildman–Crippen MR) is 127 cm³/mol. The maximum absolute atomic E-state index is 13.1. The van der Waals surface area contributed by atoms with Gasteiger partial charge in [-0.2, -0.15) is 0 Å². The number of amides is 1. The zero-order chi connectivity index (χ0) is 23.8. The molecule has 2 aromatic carbocycles. The summed E-state index contributed by atoms with van der Waals surface area (Å²) in [6.45, 7) is 0.450. The Bertz CT molecular complexity index is 1280. The third kappa shape index (κ3) is 6.88. The summed E-state index contributed by atoms with van der Waals surface area (Å²) in [4.78, 5) is 28.7. The maximum atomic E-state index is 13.1. The van der Waals surface area contributed by atoms with Crippen LogP contribution in [0.5, 0.6) is 0 Å². The van der Waals surface area contributed by atoms with Gasteiger partial charge >= 0.3 is 0 Å². The first-order chi connectivity index (χ1) is 15.8. The molecule has 0 spiro atoms. The zero-order valence-electron chi connectivity index (χ0n) is 18.1. The average molecular weight is 492 g/mol. The van der Waals surface area contributed by atoms with E-state index in [1.807, 2.05) is 6.07 Å². The van der Waals surface area contributed by atoms with Crippen LogP contribution in [0.4, 0.5) is 4.39 Å². The Morgan fingerprint density at radius 1 is 1.03 bits per heavy atom. The number of aromatic nitrogens is 2. The molecule has 1 aromatic heterocycles. The Morgan fingerprint density at radius 2 is 1.76 bits per heavy atom. The number of hydrogen-bond acceptors (Lipinski definition) is 6. The molecule has 33 heavy (non-hydrogen) atoms. The smallest absolute Gasteiger partial charge is 0.262 e. The molecule has 0 aliphatic heterocycles. The molecule has 0 saturated heterocycles. The van der Waals surface area contributed by atoms with Crippen LogP contribution in [0, 0.1) is 5.82 Å². The first-order valence-electron chi connectivity index (χ1n) is 10.7. The summed E-state index contributed by atoms with van der Waals surface area (Å²) in [6, 6.07) is 11.9. The summed E-state index contributed by atoms with van der Waals surface area (Å²) in [5, 5.41) is 1.06. The minimum absolute atomic E-state index is 0.0867. The fourth-order valence-corrected chi connectivity index (χ4v) is 5.83. The van der Waals surface area contributed by atoms with Gasteiger partial charge in [-0.05, 0) is 55.7 Å². The summed E-state index contributed by atoms with van der Waals surface area (Å²) >= 11 is 1.34. The molecular weight excluding hydrogens is 465 g/mol. The van der Waals surface area contributed by atoms with E-state index in [1.165, 1.54) is 23.9 Å². The molecule has 1 amide bonds. The lowest BCUT2D eigenvalue weighted by atomic mass is 10.2. The molecule has 176 valence electrons. The van der Waals surface area contributed by atoms with Gasteiger partial charge in [0.15, 0.2) is 15.0 Å². The number of primary amides is 1. The van der Waals surface area contributed by atoms with E-state index in [1.54, 1.807) is 22.8 Å². The normalized spacial score (nSPS) is 11.7. The number of hydrogen-bond donors (Lipinski definition) is 1. The van der Waals surface area contributed by atoms with Gasteiger partial charge in [0, 0.05) is 18.7 Å². The molecule has 3 rings (SSSR count). The highest BCUT2D eigenvalue weighted by atomic mass is 32.2. The van der Waals surface area contributed by atoms with E-state index in [0.29, 0.717) is 54.0 Å². The van der Waals surface area contributed by atoms with Crippen molar-refractivity contribution in [3.05, 3.63) is 64.7 Å². The Labute approximate surface area is 196 Å². The third-order valence-electron chi connectivity index (χ3n) is 5.09. The van der Waals surface area contributed by atoms with E-state index in [9.17, 15) is 22.4 Å². The topological polar surface area (TPSA) is 112 Å². The first kappa shape index (κ1) is 24.9. The van der Waals surface area contributed by atoms with Crippen LogP contribution in [-0.4, -0.2) is 35.4 Å². The number of thioether (sulfide) groups is 1. The summed E-state index contributed by atoms with van der Waals surface area (Å²) in [5.74, 6) is -0.463. The molecule has 10 heteroatoms. The fourth-order valence-electron chi connectivity index (χ4n) is 3.37. The SMILES string of the molecule is NC(=O)CCCCCn1c(SCCCS(=O)(=O)c2ccc(F)cc2)nc2ccccc2c1=O. The van der Waals surface area contributed by atoms with Crippen molar-refractivity contribution in [2.75, 3.05) is 11.5 Å². The van der Waals surface area contributed by atoms with Crippen molar-refractivity contribution in [3.8, 4) is 0 Å². The van der Waals surface area contributed by atoms with Crippen LogP contribution in [0.25, 0.3) is 10.9 Å². The molecule has 7 nitrogen and oxygen atoms in total. The molecule has 0 bridgehead atoms. The second-order valence-electron chi connectivity index (χ2n) is 7.62. The van der Waals surface area contributed by atoms with Gasteiger partial charge in [0.05, 0.1) is 21.6 Å². The van der Waals surface area contributed by atoms with E-state index >= 15 is 0 Å². The van der Waals surface area contributed by atoms with E-state index < -0.39 is 15.7 Å². The van der Waals surface area contributed by atoms with Crippen LogP contribution >= 0.6 is 11.8 Å². The van der Waals surface area contributed by atoms with Gasteiger partial charge < -0.3 is 5.73 Å². The minimum atomic E-state index is -3.52. The fraction of sp³-hybridized carbons (Fsp3) is 0.348. The van der Waals surface area contributed by atoms with Gasteiger partial charge in [0.1, 0.15) is 5.82 Å². The quantitative estimate of drug-likeness (QED) is 0.180. The predicted octanol–water partition coefficient (Wildman–Crippen LogP) is 3.54. The van der Waals surface area contributed by atoms with Gasteiger partial charge in [-0.3, -0.25) is 14.2 Å². The minimum Gasteiger partial charge on any atom is -0.370 e. The van der Waals surface area contributed by atoms with Crippen LogP contribution in [-0.2, 0) is 21.2 Å². The lowest BCUT2D eigenvalue weighted by molar-refractivity contribution is -0.118. The number of rotatable bonds is 12. The summed E-state index contributed by atoms with van der Waals surface area (Å²) in [5.41, 5.74) is 5.62. The highest BCUT2D eigenvalue weighted by Crippen LogP contribution is 2.21. The highest BCUT2D eigenvalue weighted by Gasteiger charge is 2.16. The van der Waals surface area contributed by atoms with Gasteiger partial charge in [-0.15, -0.1) is 0 Å². The molecule has 0 unspecified atom stereocenters. The van der Waals surface area contributed by atoms with Crippen molar-refractivity contribution in [2.45, 2.75) is 48.7 Å². The molecule has 0 aliphatic carbocycles. The van der Waals surface area contributed by atoms with E-state index in [2.05, 4.69) is 4.98 Å². The summed E-state index contributed by atoms with van der Waals surface area (Å²) in [6.07, 6.45) is 2.78. The Hall–Kier alpha value is -2.72. The molecular formula is C23H26FN3O4S2. The molecule has 0 saturated carbocycles. The lowest BCUT2D eigenvalue weighted by Crippen LogP contribution is -2.23. The largest absolute Gasteiger partial charge is 0.370 e. The lowest BCUT2D eigenvalue weighted by Gasteiger charge is -2.13. The van der Waals surface area contributed by atoms with Crippen LogP contribution in [0.2, 0.25) is 0 Å². The van der Waals surface area contributed by atoms with Crippen molar-refractivity contribution in [1.82, 2.24) is 9.55 Å². The van der Waals surface area contributed by atoms with Crippen molar-refractivity contribution < 1.29 is 17.6 Å². The Balaban J connectivity index is 1.68. The van der Waals surface area contributed by atoms with Gasteiger partial charge in [-0.1, -0.05) is 30.3 Å². The Kier molecular flexibility index (Phi) is 8.62. The van der Waals surface area contributed by atoms with Gasteiger partial charge in [0.2, 0.25) is 5.91 Å². The molecule has 0 radical (unpaired) electrons. The molecule has 0 atom stereocenters. The number of nitrogens with zero attached hydrogens (tertiary/aromatic N) is 2. The molecule has 0 aliphatic rings. The standard InChI is InChI=1S/C23H26FN3O4S2/c24-17-10-12-18(13-11-17)33(30,31)16-6-15-32-23-26-20-8-4-3-7-19(20)22(29)27(23)14-5-1-2-9-21(25)28/h3-4,7-8,10-13H,1-2,5-6,9,14-16H2,(H2,25,28). The van der Waals surface area contributed by atoms with Crippen LogP contribution < -0.4 is 11.3 Å². The molecule has 3 aromatic rings. The zero-order valence-corrected chi connectivity index (χ0v) is 19.7.